The molecule has 6 heteroatoms. The van der Waals surface area contributed by atoms with Gasteiger partial charge in [0.15, 0.2) is 0 Å². The molecule has 20 heavy (non-hydrogen) atoms. The molecule has 1 rings (SSSR count). The van der Waals surface area contributed by atoms with Gasteiger partial charge in [0.05, 0.1) is 15.6 Å². The highest BCUT2D eigenvalue weighted by Gasteiger charge is 2.10. The summed E-state index contributed by atoms with van der Waals surface area (Å²) in [5.74, 6) is 0.233. The second-order valence-electron chi connectivity index (χ2n) is 4.52. The molecule has 0 saturated carbocycles. The molecule has 0 aromatic heterocycles. The molecular weight excluding hydrogens is 390 g/mol. The lowest BCUT2D eigenvalue weighted by Gasteiger charge is -2.22. The molecule has 0 radical (unpaired) electrons. The first kappa shape index (κ1) is 17.9. The smallest absolute Gasteiger partial charge is 0.143 e. The highest BCUT2D eigenvalue weighted by atomic mass is 79.9. The maximum absolute atomic E-state index is 9.74. The van der Waals surface area contributed by atoms with Gasteiger partial charge in [-0.05, 0) is 56.0 Å². The SMILES string of the molecule is COCCCN(CCOC)Cc1cc(Br)c(O)c(Br)c1. The van der Waals surface area contributed by atoms with Crippen molar-refractivity contribution in [3.63, 3.8) is 0 Å². The Morgan fingerprint density at radius 1 is 1.05 bits per heavy atom. The van der Waals surface area contributed by atoms with Gasteiger partial charge in [-0.3, -0.25) is 4.90 Å². The molecule has 0 atom stereocenters. The minimum absolute atomic E-state index is 0.233. The summed E-state index contributed by atoms with van der Waals surface area (Å²) in [7, 11) is 3.43. The second kappa shape index (κ2) is 9.73. The fraction of sp³-hybridized carbons (Fsp3) is 0.571. The van der Waals surface area contributed by atoms with Crippen LogP contribution in [0.25, 0.3) is 0 Å². The Morgan fingerprint density at radius 2 is 1.65 bits per heavy atom. The van der Waals surface area contributed by atoms with E-state index in [4.69, 9.17) is 9.47 Å². The van der Waals surface area contributed by atoms with Crippen molar-refractivity contribution in [1.82, 2.24) is 4.90 Å². The lowest BCUT2D eigenvalue weighted by atomic mass is 10.2. The van der Waals surface area contributed by atoms with E-state index in [9.17, 15) is 5.11 Å². The quantitative estimate of drug-likeness (QED) is 0.633. The first-order valence-corrected chi connectivity index (χ1v) is 8.04. The fourth-order valence-corrected chi connectivity index (χ4v) is 3.17. The number of rotatable bonds is 9. The Bertz CT molecular complexity index is 392. The van der Waals surface area contributed by atoms with E-state index in [2.05, 4.69) is 36.8 Å². The highest BCUT2D eigenvalue weighted by molar-refractivity contribution is 9.11. The number of phenolic OH excluding ortho intramolecular Hbond substituents is 1. The number of aromatic hydroxyl groups is 1. The Hall–Kier alpha value is -0.140. The molecule has 0 amide bonds. The van der Waals surface area contributed by atoms with Gasteiger partial charge < -0.3 is 14.6 Å². The number of methoxy groups -OCH3 is 2. The van der Waals surface area contributed by atoms with Gasteiger partial charge in [-0.15, -0.1) is 0 Å². The van der Waals surface area contributed by atoms with Crippen molar-refractivity contribution in [2.75, 3.05) is 40.5 Å². The zero-order valence-corrected chi connectivity index (χ0v) is 15.0. The van der Waals surface area contributed by atoms with Gasteiger partial charge in [-0.1, -0.05) is 0 Å². The van der Waals surface area contributed by atoms with Crippen molar-refractivity contribution in [3.05, 3.63) is 26.6 Å². The molecule has 0 aliphatic rings. The Balaban J connectivity index is 2.67. The van der Waals surface area contributed by atoms with Gasteiger partial charge in [-0.2, -0.15) is 0 Å². The average molecular weight is 411 g/mol. The molecule has 1 N–H and O–H groups in total. The summed E-state index contributed by atoms with van der Waals surface area (Å²) in [6, 6.07) is 3.88. The highest BCUT2D eigenvalue weighted by Crippen LogP contribution is 2.33. The lowest BCUT2D eigenvalue weighted by molar-refractivity contribution is 0.129. The summed E-state index contributed by atoms with van der Waals surface area (Å²) in [6.45, 7) is 4.09. The number of hydrogen-bond acceptors (Lipinski definition) is 4. The molecule has 0 heterocycles. The zero-order valence-electron chi connectivity index (χ0n) is 11.9. The van der Waals surface area contributed by atoms with E-state index in [1.807, 2.05) is 12.1 Å². The molecule has 0 saturated heterocycles. The topological polar surface area (TPSA) is 41.9 Å². The van der Waals surface area contributed by atoms with E-state index in [0.717, 1.165) is 38.2 Å². The van der Waals surface area contributed by atoms with E-state index in [1.54, 1.807) is 14.2 Å². The Labute approximate surface area is 137 Å². The third-order valence-electron chi connectivity index (χ3n) is 2.92. The molecule has 1 aromatic carbocycles. The molecule has 0 bridgehead atoms. The predicted octanol–water partition coefficient (Wildman–Crippen LogP) is 3.40. The van der Waals surface area contributed by atoms with E-state index >= 15 is 0 Å². The van der Waals surface area contributed by atoms with Crippen LogP contribution in [-0.4, -0.2) is 50.5 Å². The van der Waals surface area contributed by atoms with Crippen LogP contribution in [0.1, 0.15) is 12.0 Å². The van der Waals surface area contributed by atoms with Crippen LogP contribution in [0.2, 0.25) is 0 Å². The van der Waals surface area contributed by atoms with Crippen molar-refractivity contribution in [1.29, 1.82) is 0 Å². The third kappa shape index (κ3) is 6.10. The molecule has 0 spiro atoms. The predicted molar refractivity (Wildman–Crippen MR) is 87.2 cm³/mol. The average Bonchev–Trinajstić information content (AvgIpc) is 2.42. The van der Waals surface area contributed by atoms with Crippen LogP contribution >= 0.6 is 31.9 Å². The Kier molecular flexibility index (Phi) is 8.72. The minimum atomic E-state index is 0.233. The minimum Gasteiger partial charge on any atom is -0.506 e. The molecular formula is C14H21Br2NO3. The first-order valence-electron chi connectivity index (χ1n) is 6.45. The van der Waals surface area contributed by atoms with Gasteiger partial charge in [0.25, 0.3) is 0 Å². The van der Waals surface area contributed by atoms with Crippen LogP contribution in [0.5, 0.6) is 5.75 Å². The van der Waals surface area contributed by atoms with Crippen LogP contribution in [0.4, 0.5) is 0 Å². The van der Waals surface area contributed by atoms with E-state index in [1.165, 1.54) is 0 Å². The summed E-state index contributed by atoms with van der Waals surface area (Å²) in [5.41, 5.74) is 1.13. The third-order valence-corrected chi connectivity index (χ3v) is 4.13. The zero-order chi connectivity index (χ0) is 15.0. The summed E-state index contributed by atoms with van der Waals surface area (Å²) in [4.78, 5) is 2.31. The molecule has 4 nitrogen and oxygen atoms in total. The van der Waals surface area contributed by atoms with Gasteiger partial charge in [-0.25, -0.2) is 0 Å². The summed E-state index contributed by atoms with van der Waals surface area (Å²) >= 11 is 6.72. The van der Waals surface area contributed by atoms with Crippen molar-refractivity contribution in [3.8, 4) is 5.75 Å². The number of ether oxygens (including phenoxy) is 2. The van der Waals surface area contributed by atoms with Gasteiger partial charge >= 0.3 is 0 Å². The molecule has 1 aromatic rings. The van der Waals surface area contributed by atoms with Crippen molar-refractivity contribution in [2.24, 2.45) is 0 Å². The van der Waals surface area contributed by atoms with Crippen molar-refractivity contribution >= 4 is 31.9 Å². The standard InChI is InChI=1S/C14H21Br2NO3/c1-19-6-3-4-17(5-7-20-2)10-11-8-12(15)14(18)13(16)9-11/h8-9,18H,3-7,10H2,1-2H3. The molecule has 0 aliphatic heterocycles. The number of phenols is 1. The number of hydrogen-bond donors (Lipinski definition) is 1. The summed E-state index contributed by atoms with van der Waals surface area (Å²) in [6.07, 6.45) is 0.987. The van der Waals surface area contributed by atoms with Crippen molar-refractivity contribution in [2.45, 2.75) is 13.0 Å². The largest absolute Gasteiger partial charge is 0.506 e. The van der Waals surface area contributed by atoms with E-state index < -0.39 is 0 Å². The van der Waals surface area contributed by atoms with Gasteiger partial charge in [0.1, 0.15) is 5.75 Å². The van der Waals surface area contributed by atoms with E-state index in [0.29, 0.717) is 15.6 Å². The molecule has 0 fully saturated rings. The molecule has 0 aliphatic carbocycles. The Morgan fingerprint density at radius 3 is 2.20 bits per heavy atom. The first-order chi connectivity index (χ1) is 9.58. The maximum atomic E-state index is 9.74. The summed E-state index contributed by atoms with van der Waals surface area (Å²) in [5, 5.41) is 9.74. The molecule has 0 unspecified atom stereocenters. The van der Waals surface area contributed by atoms with Gasteiger partial charge in [0.2, 0.25) is 0 Å². The number of halogens is 2. The summed E-state index contributed by atoms with van der Waals surface area (Å²) < 4.78 is 11.6. The van der Waals surface area contributed by atoms with Gasteiger partial charge in [0, 0.05) is 40.5 Å². The van der Waals surface area contributed by atoms with Crippen LogP contribution in [-0.2, 0) is 16.0 Å². The maximum Gasteiger partial charge on any atom is 0.143 e. The van der Waals surface area contributed by atoms with Crippen LogP contribution in [0, 0.1) is 0 Å². The van der Waals surface area contributed by atoms with Crippen LogP contribution in [0.3, 0.4) is 0 Å². The lowest BCUT2D eigenvalue weighted by Crippen LogP contribution is -2.28. The monoisotopic (exact) mass is 409 g/mol. The normalized spacial score (nSPS) is 11.2. The van der Waals surface area contributed by atoms with Crippen molar-refractivity contribution < 1.29 is 14.6 Å². The second-order valence-corrected chi connectivity index (χ2v) is 6.23. The fourth-order valence-electron chi connectivity index (χ4n) is 1.89. The molecule has 114 valence electrons. The van der Waals surface area contributed by atoms with Crippen LogP contribution < -0.4 is 0 Å². The van der Waals surface area contributed by atoms with E-state index in [-0.39, 0.29) is 5.75 Å². The number of benzene rings is 1. The van der Waals surface area contributed by atoms with Crippen LogP contribution in [0.15, 0.2) is 21.1 Å². The number of nitrogens with zero attached hydrogens (tertiary/aromatic N) is 1.